The van der Waals surface area contributed by atoms with Crippen LogP contribution in [0.5, 0.6) is 5.75 Å². The number of carbonyl (C=O) groups excluding carboxylic acids is 1. The van der Waals surface area contributed by atoms with Crippen molar-refractivity contribution in [3.8, 4) is 5.75 Å². The van der Waals surface area contributed by atoms with Gasteiger partial charge in [0.05, 0.1) is 23.2 Å². The van der Waals surface area contributed by atoms with Gasteiger partial charge in [0.25, 0.3) is 5.91 Å². The average Bonchev–Trinajstić information content (AvgIpc) is 2.69. The van der Waals surface area contributed by atoms with Crippen molar-refractivity contribution in [2.75, 3.05) is 46.9 Å². The SMILES string of the molecule is COc1c(Cl)cc(C(=O)NC(CN2CCN(C)CC2)c2ccccc2)cc1Cl. The largest absolute Gasteiger partial charge is 0.494 e. The number of amides is 1. The second-order valence-electron chi connectivity index (χ2n) is 7.01. The number of likely N-dealkylation sites (N-methyl/N-ethyl adjacent to an activating group) is 1. The van der Waals surface area contributed by atoms with E-state index in [2.05, 4.69) is 22.2 Å². The van der Waals surface area contributed by atoms with Gasteiger partial charge in [-0.05, 0) is 24.7 Å². The van der Waals surface area contributed by atoms with Crippen LogP contribution in [0.1, 0.15) is 22.0 Å². The van der Waals surface area contributed by atoms with Crippen LogP contribution in [0.25, 0.3) is 0 Å². The van der Waals surface area contributed by atoms with E-state index in [0.717, 1.165) is 38.3 Å². The van der Waals surface area contributed by atoms with Gasteiger partial charge in [-0.25, -0.2) is 0 Å². The zero-order valence-electron chi connectivity index (χ0n) is 16.1. The number of methoxy groups -OCH3 is 1. The highest BCUT2D eigenvalue weighted by atomic mass is 35.5. The minimum atomic E-state index is -0.213. The Morgan fingerprint density at radius 1 is 1.11 bits per heavy atom. The summed E-state index contributed by atoms with van der Waals surface area (Å²) in [6.07, 6.45) is 0. The van der Waals surface area contributed by atoms with Crippen LogP contribution < -0.4 is 10.1 Å². The molecule has 3 rings (SSSR count). The molecule has 7 heteroatoms. The maximum absolute atomic E-state index is 12.9. The molecule has 1 N–H and O–H groups in total. The van der Waals surface area contributed by atoms with E-state index < -0.39 is 0 Å². The zero-order valence-corrected chi connectivity index (χ0v) is 17.6. The summed E-state index contributed by atoms with van der Waals surface area (Å²) in [6, 6.07) is 13.1. The van der Waals surface area contributed by atoms with Gasteiger partial charge in [-0.15, -0.1) is 0 Å². The molecule has 1 saturated heterocycles. The van der Waals surface area contributed by atoms with Crippen molar-refractivity contribution >= 4 is 29.1 Å². The molecule has 2 aromatic rings. The predicted molar refractivity (Wildman–Crippen MR) is 114 cm³/mol. The van der Waals surface area contributed by atoms with Crippen LogP contribution >= 0.6 is 23.2 Å². The van der Waals surface area contributed by atoms with E-state index in [1.807, 2.05) is 30.3 Å². The smallest absolute Gasteiger partial charge is 0.251 e. The first-order valence-electron chi connectivity index (χ1n) is 9.27. The third-order valence-corrected chi connectivity index (χ3v) is 5.57. The van der Waals surface area contributed by atoms with Gasteiger partial charge in [-0.1, -0.05) is 53.5 Å². The molecule has 5 nitrogen and oxygen atoms in total. The van der Waals surface area contributed by atoms with E-state index in [1.54, 1.807) is 12.1 Å². The Bertz CT molecular complexity index is 786. The molecule has 1 heterocycles. The molecule has 1 atom stereocenters. The minimum absolute atomic E-state index is 0.128. The summed E-state index contributed by atoms with van der Waals surface area (Å²) in [6.45, 7) is 4.77. The molecule has 28 heavy (non-hydrogen) atoms. The lowest BCUT2D eigenvalue weighted by Crippen LogP contribution is -2.47. The van der Waals surface area contributed by atoms with Crippen LogP contribution in [0.15, 0.2) is 42.5 Å². The van der Waals surface area contributed by atoms with Crippen molar-refractivity contribution in [2.45, 2.75) is 6.04 Å². The number of carbonyl (C=O) groups is 1. The maximum Gasteiger partial charge on any atom is 0.251 e. The Balaban J connectivity index is 1.78. The second-order valence-corrected chi connectivity index (χ2v) is 7.83. The fourth-order valence-corrected chi connectivity index (χ4v) is 3.98. The first-order chi connectivity index (χ1) is 13.5. The molecule has 0 bridgehead atoms. The third kappa shape index (κ3) is 5.17. The topological polar surface area (TPSA) is 44.8 Å². The summed E-state index contributed by atoms with van der Waals surface area (Å²) in [7, 11) is 3.62. The number of ether oxygens (including phenoxy) is 1. The summed E-state index contributed by atoms with van der Waals surface area (Å²) in [5, 5.41) is 3.78. The van der Waals surface area contributed by atoms with E-state index >= 15 is 0 Å². The molecule has 0 aliphatic carbocycles. The fraction of sp³-hybridized carbons (Fsp3) is 0.381. The van der Waals surface area contributed by atoms with E-state index in [9.17, 15) is 4.79 Å². The van der Waals surface area contributed by atoms with Crippen molar-refractivity contribution in [3.05, 3.63) is 63.6 Å². The number of hydrogen-bond acceptors (Lipinski definition) is 4. The van der Waals surface area contributed by atoms with Gasteiger partial charge >= 0.3 is 0 Å². The minimum Gasteiger partial charge on any atom is -0.494 e. The number of piperazine rings is 1. The summed E-state index contributed by atoms with van der Waals surface area (Å²) >= 11 is 12.4. The number of hydrogen-bond donors (Lipinski definition) is 1. The van der Waals surface area contributed by atoms with Gasteiger partial charge in [0, 0.05) is 38.3 Å². The Hall–Kier alpha value is -1.79. The average molecular weight is 422 g/mol. The highest BCUT2D eigenvalue weighted by Crippen LogP contribution is 2.34. The lowest BCUT2D eigenvalue weighted by molar-refractivity contribution is 0.0907. The van der Waals surface area contributed by atoms with Crippen LogP contribution in [0, 0.1) is 0 Å². The first kappa shape index (κ1) is 20.9. The summed E-state index contributed by atoms with van der Waals surface area (Å²) < 4.78 is 5.16. The molecule has 2 aromatic carbocycles. The number of nitrogens with zero attached hydrogens (tertiary/aromatic N) is 2. The highest BCUT2D eigenvalue weighted by Gasteiger charge is 2.22. The Morgan fingerprint density at radius 3 is 2.29 bits per heavy atom. The molecular formula is C21H25Cl2N3O2. The van der Waals surface area contributed by atoms with Crippen LogP contribution in [-0.2, 0) is 0 Å². The molecule has 0 radical (unpaired) electrons. The van der Waals surface area contributed by atoms with Gasteiger partial charge < -0.3 is 15.0 Å². The molecule has 0 aromatic heterocycles. The first-order valence-corrected chi connectivity index (χ1v) is 10.0. The fourth-order valence-electron chi connectivity index (χ4n) is 3.34. The monoisotopic (exact) mass is 421 g/mol. The Morgan fingerprint density at radius 2 is 1.71 bits per heavy atom. The number of rotatable bonds is 6. The standard InChI is InChI=1S/C21H25Cl2N3O2/c1-25-8-10-26(11-9-25)14-19(15-6-4-3-5-7-15)24-21(27)16-12-17(22)20(28-2)18(23)13-16/h3-7,12-13,19H,8-11,14H2,1-2H3,(H,24,27). The summed E-state index contributed by atoms with van der Waals surface area (Å²) in [5.41, 5.74) is 1.48. The zero-order chi connectivity index (χ0) is 20.1. The quantitative estimate of drug-likeness (QED) is 0.771. The van der Waals surface area contributed by atoms with Crippen LogP contribution in [-0.4, -0.2) is 62.6 Å². The lowest BCUT2D eigenvalue weighted by atomic mass is 10.0. The van der Waals surface area contributed by atoms with Crippen molar-refractivity contribution in [1.82, 2.24) is 15.1 Å². The normalized spacial score (nSPS) is 16.6. The van der Waals surface area contributed by atoms with Gasteiger partial charge in [0.1, 0.15) is 0 Å². The van der Waals surface area contributed by atoms with Gasteiger partial charge in [-0.2, -0.15) is 0 Å². The molecule has 1 fully saturated rings. The molecule has 0 spiro atoms. The van der Waals surface area contributed by atoms with E-state index in [-0.39, 0.29) is 11.9 Å². The lowest BCUT2D eigenvalue weighted by Gasteiger charge is -2.35. The van der Waals surface area contributed by atoms with Gasteiger partial charge in [0.15, 0.2) is 5.75 Å². The number of nitrogens with one attached hydrogen (secondary N) is 1. The van der Waals surface area contributed by atoms with E-state index in [0.29, 0.717) is 21.4 Å². The summed E-state index contributed by atoms with van der Waals surface area (Å²) in [5.74, 6) is 0.159. The van der Waals surface area contributed by atoms with Crippen LogP contribution in [0.3, 0.4) is 0 Å². The Labute approximate surface area is 176 Å². The van der Waals surface area contributed by atoms with Crippen molar-refractivity contribution in [1.29, 1.82) is 0 Å². The van der Waals surface area contributed by atoms with Gasteiger partial charge in [-0.3, -0.25) is 9.69 Å². The third-order valence-electron chi connectivity index (χ3n) is 5.01. The van der Waals surface area contributed by atoms with Crippen molar-refractivity contribution < 1.29 is 9.53 Å². The molecule has 150 valence electrons. The molecule has 0 saturated carbocycles. The van der Waals surface area contributed by atoms with Crippen molar-refractivity contribution in [3.63, 3.8) is 0 Å². The second kappa shape index (κ2) is 9.61. The van der Waals surface area contributed by atoms with Gasteiger partial charge in [0.2, 0.25) is 0 Å². The number of halogens is 2. The Kier molecular flexibility index (Phi) is 7.18. The molecule has 1 amide bonds. The number of benzene rings is 2. The molecule has 1 unspecified atom stereocenters. The van der Waals surface area contributed by atoms with E-state index in [4.69, 9.17) is 27.9 Å². The summed E-state index contributed by atoms with van der Waals surface area (Å²) in [4.78, 5) is 17.6. The van der Waals surface area contributed by atoms with E-state index in [1.165, 1.54) is 7.11 Å². The highest BCUT2D eigenvalue weighted by molar-refractivity contribution is 6.37. The molecule has 1 aliphatic heterocycles. The predicted octanol–water partition coefficient (Wildman–Crippen LogP) is 3.72. The molecular weight excluding hydrogens is 397 g/mol. The maximum atomic E-state index is 12.9. The van der Waals surface area contributed by atoms with Crippen LogP contribution in [0.4, 0.5) is 0 Å². The molecule has 1 aliphatic rings. The van der Waals surface area contributed by atoms with Crippen molar-refractivity contribution in [2.24, 2.45) is 0 Å². The van der Waals surface area contributed by atoms with Crippen LogP contribution in [0.2, 0.25) is 10.0 Å².